The summed E-state index contributed by atoms with van der Waals surface area (Å²) in [6.07, 6.45) is 3.23. The van der Waals surface area contributed by atoms with Crippen molar-refractivity contribution in [2.75, 3.05) is 31.1 Å². The number of nitrogens with zero attached hydrogens (tertiary/aromatic N) is 2. The Labute approximate surface area is 106 Å². The lowest BCUT2D eigenvalue weighted by molar-refractivity contribution is -0.119. The maximum atomic E-state index is 11.3. The van der Waals surface area contributed by atoms with Gasteiger partial charge in [0.25, 0.3) is 0 Å². The number of piperidine rings is 1. The van der Waals surface area contributed by atoms with Crippen LogP contribution in [0.15, 0.2) is 18.3 Å². The van der Waals surface area contributed by atoms with Crippen LogP contribution in [0.5, 0.6) is 5.88 Å². The minimum Gasteiger partial charge on any atom is -0.470 e. The van der Waals surface area contributed by atoms with Gasteiger partial charge in [-0.1, -0.05) is 0 Å². The van der Waals surface area contributed by atoms with Crippen molar-refractivity contribution >= 4 is 11.5 Å². The number of pyridine rings is 1. The van der Waals surface area contributed by atoms with Gasteiger partial charge in [0.05, 0.1) is 5.69 Å². The molecule has 0 atom stereocenters. The molecule has 3 rings (SSSR count). The molecule has 2 aliphatic rings. The summed E-state index contributed by atoms with van der Waals surface area (Å²) >= 11 is 0. The van der Waals surface area contributed by atoms with Crippen LogP contribution < -0.4 is 15.0 Å². The first kappa shape index (κ1) is 11.5. The van der Waals surface area contributed by atoms with E-state index in [1.807, 2.05) is 12.1 Å². The summed E-state index contributed by atoms with van der Waals surface area (Å²) < 4.78 is 5.86. The molecule has 3 heterocycles. The van der Waals surface area contributed by atoms with Crippen LogP contribution in [-0.2, 0) is 4.79 Å². The van der Waals surface area contributed by atoms with Crippen LogP contribution >= 0.6 is 0 Å². The van der Waals surface area contributed by atoms with Crippen molar-refractivity contribution in [2.24, 2.45) is 0 Å². The van der Waals surface area contributed by atoms with Gasteiger partial charge in [0.2, 0.25) is 5.88 Å². The molecule has 5 heteroatoms. The van der Waals surface area contributed by atoms with E-state index in [1.165, 1.54) is 0 Å². The van der Waals surface area contributed by atoms with Crippen molar-refractivity contribution in [2.45, 2.75) is 18.9 Å². The molecule has 0 bridgehead atoms. The molecule has 0 amide bonds. The second kappa shape index (κ2) is 4.94. The number of hydrogen-bond acceptors (Lipinski definition) is 5. The maximum Gasteiger partial charge on any atom is 0.237 e. The third kappa shape index (κ3) is 2.31. The molecule has 1 aromatic rings. The van der Waals surface area contributed by atoms with E-state index in [0.29, 0.717) is 24.5 Å². The molecule has 2 saturated heterocycles. The molecule has 18 heavy (non-hydrogen) atoms. The van der Waals surface area contributed by atoms with Gasteiger partial charge in [-0.3, -0.25) is 4.79 Å². The van der Waals surface area contributed by atoms with Gasteiger partial charge in [-0.15, -0.1) is 0 Å². The average Bonchev–Trinajstić information content (AvgIpc) is 2.35. The Bertz CT molecular complexity index is 436. The van der Waals surface area contributed by atoms with Gasteiger partial charge in [-0.05, 0) is 12.1 Å². The van der Waals surface area contributed by atoms with Gasteiger partial charge in [0.15, 0.2) is 0 Å². The number of ketones is 1. The lowest BCUT2D eigenvalue weighted by Gasteiger charge is -2.32. The standard InChI is InChI=1S/C13H17N3O2/c17-10-3-6-16(7-4-10)12-2-1-5-15-13(12)18-11-8-14-9-11/h1-2,5,11,14H,3-4,6-9H2. The number of nitrogens with one attached hydrogen (secondary N) is 1. The Morgan fingerprint density at radius 1 is 1.33 bits per heavy atom. The van der Waals surface area contributed by atoms with Crippen LogP contribution in [-0.4, -0.2) is 43.1 Å². The zero-order valence-corrected chi connectivity index (χ0v) is 10.3. The van der Waals surface area contributed by atoms with Gasteiger partial charge in [0, 0.05) is 45.2 Å². The van der Waals surface area contributed by atoms with Gasteiger partial charge in [-0.25, -0.2) is 4.98 Å². The SMILES string of the molecule is O=C1CCN(c2cccnc2OC2CNC2)CC1. The second-order valence-electron chi connectivity index (χ2n) is 4.75. The van der Waals surface area contributed by atoms with Gasteiger partial charge in [0.1, 0.15) is 11.9 Å². The summed E-state index contributed by atoms with van der Waals surface area (Å²) in [6.45, 7) is 3.30. The van der Waals surface area contributed by atoms with Crippen molar-refractivity contribution < 1.29 is 9.53 Å². The summed E-state index contributed by atoms with van der Waals surface area (Å²) in [5.74, 6) is 1.04. The highest BCUT2D eigenvalue weighted by Crippen LogP contribution is 2.28. The van der Waals surface area contributed by atoms with Crippen LogP contribution in [0.3, 0.4) is 0 Å². The van der Waals surface area contributed by atoms with E-state index >= 15 is 0 Å². The predicted octanol–water partition coefficient (Wildman–Crippen LogP) is 0.601. The number of hydrogen-bond donors (Lipinski definition) is 1. The first-order chi connectivity index (χ1) is 8.83. The summed E-state index contributed by atoms with van der Waals surface area (Å²) in [7, 11) is 0. The highest BCUT2D eigenvalue weighted by atomic mass is 16.5. The quantitative estimate of drug-likeness (QED) is 0.847. The number of Topliss-reactive ketones (excluding diaryl/α,β-unsaturated/α-hetero) is 1. The third-order valence-electron chi connectivity index (χ3n) is 3.44. The summed E-state index contributed by atoms with van der Waals surface area (Å²) in [6, 6.07) is 3.93. The molecule has 2 fully saturated rings. The van der Waals surface area contributed by atoms with Crippen molar-refractivity contribution in [1.82, 2.24) is 10.3 Å². The fraction of sp³-hybridized carbons (Fsp3) is 0.538. The molecular weight excluding hydrogens is 230 g/mol. The number of aromatic nitrogens is 1. The van der Waals surface area contributed by atoms with E-state index in [-0.39, 0.29) is 6.10 Å². The minimum absolute atomic E-state index is 0.227. The molecule has 0 saturated carbocycles. The number of ether oxygens (including phenoxy) is 1. The summed E-state index contributed by atoms with van der Waals surface area (Å²) in [4.78, 5) is 17.8. The van der Waals surface area contributed by atoms with E-state index < -0.39 is 0 Å². The maximum absolute atomic E-state index is 11.3. The number of anilines is 1. The third-order valence-corrected chi connectivity index (χ3v) is 3.44. The Kier molecular flexibility index (Phi) is 3.15. The Balaban J connectivity index is 1.75. The van der Waals surface area contributed by atoms with Crippen molar-refractivity contribution in [1.29, 1.82) is 0 Å². The molecule has 2 aliphatic heterocycles. The highest BCUT2D eigenvalue weighted by Gasteiger charge is 2.24. The molecule has 0 aromatic carbocycles. The average molecular weight is 247 g/mol. The highest BCUT2D eigenvalue weighted by molar-refractivity contribution is 5.81. The first-order valence-corrected chi connectivity index (χ1v) is 6.42. The molecule has 1 aromatic heterocycles. The zero-order chi connectivity index (χ0) is 12.4. The van der Waals surface area contributed by atoms with E-state index in [9.17, 15) is 4.79 Å². The van der Waals surface area contributed by atoms with E-state index in [4.69, 9.17) is 4.74 Å². The van der Waals surface area contributed by atoms with Crippen LogP contribution in [0.4, 0.5) is 5.69 Å². The molecule has 96 valence electrons. The van der Waals surface area contributed by atoms with E-state index in [0.717, 1.165) is 31.9 Å². The topological polar surface area (TPSA) is 54.5 Å². The van der Waals surface area contributed by atoms with Gasteiger partial charge < -0.3 is 15.0 Å². The Morgan fingerprint density at radius 2 is 2.11 bits per heavy atom. The molecule has 1 N–H and O–H groups in total. The summed E-state index contributed by atoms with van der Waals surface area (Å²) in [5, 5.41) is 3.18. The van der Waals surface area contributed by atoms with Crippen molar-refractivity contribution in [3.8, 4) is 5.88 Å². The lowest BCUT2D eigenvalue weighted by atomic mass is 10.1. The van der Waals surface area contributed by atoms with Crippen LogP contribution in [0.25, 0.3) is 0 Å². The molecule has 0 radical (unpaired) electrons. The largest absolute Gasteiger partial charge is 0.470 e. The number of rotatable bonds is 3. The second-order valence-corrected chi connectivity index (χ2v) is 4.75. The monoisotopic (exact) mass is 247 g/mol. The van der Waals surface area contributed by atoms with Gasteiger partial charge >= 0.3 is 0 Å². The first-order valence-electron chi connectivity index (χ1n) is 6.42. The minimum atomic E-state index is 0.227. The molecular formula is C13H17N3O2. The molecule has 5 nitrogen and oxygen atoms in total. The number of carbonyl (C=O) groups excluding carboxylic acids is 1. The van der Waals surface area contributed by atoms with E-state index in [2.05, 4.69) is 15.2 Å². The lowest BCUT2D eigenvalue weighted by Crippen LogP contribution is -2.50. The van der Waals surface area contributed by atoms with Crippen molar-refractivity contribution in [3.05, 3.63) is 18.3 Å². The smallest absolute Gasteiger partial charge is 0.237 e. The zero-order valence-electron chi connectivity index (χ0n) is 10.3. The normalized spacial score (nSPS) is 20.7. The van der Waals surface area contributed by atoms with E-state index in [1.54, 1.807) is 6.20 Å². The van der Waals surface area contributed by atoms with Crippen molar-refractivity contribution in [3.63, 3.8) is 0 Å². The summed E-state index contributed by atoms with van der Waals surface area (Å²) in [5.41, 5.74) is 1.01. The Morgan fingerprint density at radius 3 is 2.78 bits per heavy atom. The van der Waals surface area contributed by atoms with Gasteiger partial charge in [-0.2, -0.15) is 0 Å². The Hall–Kier alpha value is -1.62. The fourth-order valence-electron chi connectivity index (χ4n) is 2.21. The van der Waals surface area contributed by atoms with Crippen LogP contribution in [0.1, 0.15) is 12.8 Å². The molecule has 0 spiro atoms. The fourth-order valence-corrected chi connectivity index (χ4v) is 2.21. The van der Waals surface area contributed by atoms with Crippen LogP contribution in [0.2, 0.25) is 0 Å². The van der Waals surface area contributed by atoms with Crippen LogP contribution in [0, 0.1) is 0 Å². The predicted molar refractivity (Wildman–Crippen MR) is 68.0 cm³/mol. The number of carbonyl (C=O) groups is 1. The molecule has 0 unspecified atom stereocenters. The molecule has 0 aliphatic carbocycles.